The molecular formula is C48H58N4O7. The van der Waals surface area contributed by atoms with Gasteiger partial charge in [0, 0.05) is 72.0 Å². The lowest BCUT2D eigenvalue weighted by Crippen LogP contribution is -2.62. The molecule has 4 fully saturated rings. The van der Waals surface area contributed by atoms with Crippen LogP contribution in [0.4, 0.5) is 5.69 Å². The van der Waals surface area contributed by atoms with Crippen molar-refractivity contribution in [3.8, 4) is 28.4 Å². The van der Waals surface area contributed by atoms with Crippen molar-refractivity contribution in [1.82, 2.24) is 15.7 Å². The van der Waals surface area contributed by atoms with Gasteiger partial charge in [0.15, 0.2) is 0 Å². The molecule has 1 saturated heterocycles. The SMILES string of the molecule is COc1c(CN2O[C@@H](CO)[C@@H]([C@H](C)O)[C@H]2C(=O)N[C@H]2C[C@H]3C[C@@H](C2C)C3(C)C)cccc1-c1cc(C(=O)NCC2c3ccccc3Oc3ccccc32)cc(N(C)C)c1. The van der Waals surface area contributed by atoms with Gasteiger partial charge in [-0.05, 0) is 78.8 Å². The summed E-state index contributed by atoms with van der Waals surface area (Å²) in [5.41, 5.74) is 5.94. The molecule has 11 nitrogen and oxygen atoms in total. The molecule has 4 aromatic rings. The van der Waals surface area contributed by atoms with Crippen molar-refractivity contribution >= 4 is 17.5 Å². The van der Waals surface area contributed by atoms with Gasteiger partial charge in [0.25, 0.3) is 5.91 Å². The summed E-state index contributed by atoms with van der Waals surface area (Å²) < 4.78 is 12.3. The number of anilines is 1. The van der Waals surface area contributed by atoms with Gasteiger partial charge < -0.3 is 35.2 Å². The molecule has 0 spiro atoms. The number of carbonyl (C=O) groups is 2. The van der Waals surface area contributed by atoms with Gasteiger partial charge in [-0.15, -0.1) is 0 Å². The Kier molecular flexibility index (Phi) is 11.2. The van der Waals surface area contributed by atoms with E-state index in [1.165, 1.54) is 6.42 Å². The van der Waals surface area contributed by atoms with E-state index in [1.807, 2.05) is 104 Å². The summed E-state index contributed by atoms with van der Waals surface area (Å²) in [7, 11) is 5.49. The Bertz CT molecular complexity index is 2160. The predicted octanol–water partition coefficient (Wildman–Crippen LogP) is 6.76. The van der Waals surface area contributed by atoms with Crippen LogP contribution in [-0.4, -0.2) is 85.7 Å². The molecule has 5 aliphatic rings. The molecule has 2 amide bonds. The van der Waals surface area contributed by atoms with Gasteiger partial charge in [0.05, 0.1) is 26.4 Å². The molecule has 11 heteroatoms. The Morgan fingerprint density at radius 2 is 1.68 bits per heavy atom. The molecule has 4 aromatic carbocycles. The fourth-order valence-electron chi connectivity index (χ4n) is 10.5. The molecule has 3 aliphatic carbocycles. The van der Waals surface area contributed by atoms with Gasteiger partial charge >= 0.3 is 0 Å². The fraction of sp³-hybridized carbons (Fsp3) is 0.458. The highest BCUT2D eigenvalue weighted by Gasteiger charge is 2.57. The van der Waals surface area contributed by atoms with Crippen LogP contribution in [0.5, 0.6) is 17.2 Å². The number of methoxy groups -OCH3 is 1. The molecule has 8 atom stereocenters. The molecule has 2 aliphatic heterocycles. The normalized spacial score (nSPS) is 26.1. The number of hydrogen-bond donors (Lipinski definition) is 4. The van der Waals surface area contributed by atoms with Crippen LogP contribution in [0, 0.1) is 29.1 Å². The quantitative estimate of drug-likeness (QED) is 0.123. The van der Waals surface area contributed by atoms with E-state index in [4.69, 9.17) is 14.3 Å². The Balaban J connectivity index is 1.06. The van der Waals surface area contributed by atoms with Crippen molar-refractivity contribution in [3.05, 3.63) is 107 Å². The second-order valence-corrected chi connectivity index (χ2v) is 17.8. The lowest BCUT2D eigenvalue weighted by Gasteiger charge is -2.62. The lowest BCUT2D eigenvalue weighted by molar-refractivity contribution is -0.183. The summed E-state index contributed by atoms with van der Waals surface area (Å²) in [6.45, 7) is 8.74. The highest BCUT2D eigenvalue weighted by molar-refractivity contribution is 5.97. The first-order valence-corrected chi connectivity index (χ1v) is 21.0. The van der Waals surface area contributed by atoms with Crippen LogP contribution in [0.1, 0.15) is 73.5 Å². The summed E-state index contributed by atoms with van der Waals surface area (Å²) in [5, 5.41) is 29.6. The van der Waals surface area contributed by atoms with Gasteiger partial charge in [0.2, 0.25) is 5.91 Å². The average molecular weight is 803 g/mol. The number of amides is 2. The van der Waals surface area contributed by atoms with E-state index >= 15 is 0 Å². The van der Waals surface area contributed by atoms with E-state index in [0.717, 1.165) is 51.4 Å². The minimum absolute atomic E-state index is 0.0282. The highest BCUT2D eigenvalue weighted by atomic mass is 16.7. The maximum atomic E-state index is 14.3. The Morgan fingerprint density at radius 3 is 2.29 bits per heavy atom. The largest absolute Gasteiger partial charge is 0.496 e. The third-order valence-electron chi connectivity index (χ3n) is 14.0. The van der Waals surface area contributed by atoms with Crippen LogP contribution in [0.15, 0.2) is 84.9 Å². The van der Waals surface area contributed by atoms with E-state index in [-0.39, 0.29) is 42.3 Å². The number of hydrogen-bond acceptors (Lipinski definition) is 9. The van der Waals surface area contributed by atoms with Crippen molar-refractivity contribution in [1.29, 1.82) is 0 Å². The highest BCUT2D eigenvalue weighted by Crippen LogP contribution is 2.61. The molecule has 2 heterocycles. The van der Waals surface area contributed by atoms with Crippen LogP contribution < -0.4 is 25.0 Å². The minimum Gasteiger partial charge on any atom is -0.496 e. The second kappa shape index (κ2) is 16.3. The number of nitrogens with one attached hydrogen (secondary N) is 2. The molecule has 4 N–H and O–H groups in total. The lowest BCUT2D eigenvalue weighted by atomic mass is 9.45. The first-order chi connectivity index (χ1) is 28.3. The zero-order valence-corrected chi connectivity index (χ0v) is 35.1. The van der Waals surface area contributed by atoms with Gasteiger partial charge in [-0.2, -0.15) is 5.06 Å². The number of aliphatic hydroxyl groups excluding tert-OH is 2. The van der Waals surface area contributed by atoms with Crippen molar-refractivity contribution in [2.45, 2.75) is 77.3 Å². The molecule has 0 radical (unpaired) electrons. The number of hydroxylamine groups is 2. The number of fused-ring (bicyclic) bond motifs is 4. The summed E-state index contributed by atoms with van der Waals surface area (Å²) in [5.74, 6) is 2.41. The van der Waals surface area contributed by atoms with Crippen LogP contribution in [0.2, 0.25) is 0 Å². The molecule has 0 aromatic heterocycles. The first kappa shape index (κ1) is 40.8. The van der Waals surface area contributed by atoms with Gasteiger partial charge in [-0.3, -0.25) is 14.4 Å². The number of para-hydroxylation sites is 3. The predicted molar refractivity (Wildman–Crippen MR) is 227 cm³/mol. The fourth-order valence-corrected chi connectivity index (χ4v) is 10.5. The number of carbonyl (C=O) groups excluding carboxylic acids is 2. The smallest absolute Gasteiger partial charge is 0.251 e. The Labute approximate surface area is 347 Å². The third-order valence-corrected chi connectivity index (χ3v) is 14.0. The summed E-state index contributed by atoms with van der Waals surface area (Å²) >= 11 is 0. The number of benzene rings is 4. The monoisotopic (exact) mass is 802 g/mol. The zero-order chi connectivity index (χ0) is 41.7. The number of nitrogens with zero attached hydrogens (tertiary/aromatic N) is 2. The summed E-state index contributed by atoms with van der Waals surface area (Å²) in [6, 6.07) is 26.6. The molecule has 1 unspecified atom stereocenters. The van der Waals surface area contributed by atoms with Gasteiger partial charge in [-0.1, -0.05) is 75.4 Å². The van der Waals surface area contributed by atoms with Gasteiger partial charge in [0.1, 0.15) is 29.4 Å². The second-order valence-electron chi connectivity index (χ2n) is 17.8. The van der Waals surface area contributed by atoms with E-state index in [2.05, 4.69) is 31.4 Å². The summed E-state index contributed by atoms with van der Waals surface area (Å²) in [6.07, 6.45) is 0.442. The molecule has 3 saturated carbocycles. The van der Waals surface area contributed by atoms with Crippen molar-refractivity contribution in [3.63, 3.8) is 0 Å². The van der Waals surface area contributed by atoms with E-state index in [9.17, 15) is 19.8 Å². The topological polar surface area (TPSA) is 133 Å². The number of rotatable bonds is 12. The first-order valence-electron chi connectivity index (χ1n) is 21.0. The Hall–Kier alpha value is -4.94. The van der Waals surface area contributed by atoms with E-state index < -0.39 is 24.2 Å². The van der Waals surface area contributed by atoms with Gasteiger partial charge in [-0.25, -0.2) is 0 Å². The third kappa shape index (κ3) is 7.47. The Morgan fingerprint density at radius 1 is 0.983 bits per heavy atom. The molecule has 2 bridgehead atoms. The number of aliphatic hydroxyl groups is 2. The number of ether oxygens (including phenoxy) is 2. The van der Waals surface area contributed by atoms with Crippen molar-refractivity contribution in [2.75, 3.05) is 39.3 Å². The maximum absolute atomic E-state index is 14.3. The molecule has 59 heavy (non-hydrogen) atoms. The van der Waals surface area contributed by atoms with Crippen molar-refractivity contribution in [2.24, 2.45) is 29.1 Å². The van der Waals surface area contributed by atoms with E-state index in [1.54, 1.807) is 19.1 Å². The zero-order valence-electron chi connectivity index (χ0n) is 35.1. The molecule has 9 rings (SSSR count). The van der Waals surface area contributed by atoms with Crippen molar-refractivity contribution < 1.29 is 34.1 Å². The van der Waals surface area contributed by atoms with E-state index in [0.29, 0.717) is 35.6 Å². The summed E-state index contributed by atoms with van der Waals surface area (Å²) in [4.78, 5) is 36.7. The van der Waals surface area contributed by atoms with Crippen LogP contribution in [0.3, 0.4) is 0 Å². The average Bonchev–Trinajstić information content (AvgIpc) is 3.61. The molecule has 312 valence electrons. The molecular weight excluding hydrogens is 745 g/mol. The van der Waals surface area contributed by atoms with Crippen LogP contribution in [0.25, 0.3) is 11.1 Å². The standard InChI is InChI=1S/C48H58N4O7/c1-27-38-22-32(48(38,3)4)23-39(27)50-47(56)44-43(28(2)54)42(26-53)59-52(44)25-29-13-12-16-34(45(29)57-7)30-19-31(21-33(20-30)51(5)6)46(55)49-24-37-35-14-8-10-17-40(35)58-41-18-11-9-15-36(37)41/h8-21,27-28,32,37-39,42-44,53-54H,22-26H2,1-7H3,(H,49,55)(H,50,56)/t27?,28-,32+,38-,39-,42-,43+,44-/m0/s1. The maximum Gasteiger partial charge on any atom is 0.251 e. The van der Waals surface area contributed by atoms with Crippen LogP contribution in [-0.2, 0) is 16.2 Å². The minimum atomic E-state index is -0.911. The van der Waals surface area contributed by atoms with Crippen LogP contribution >= 0.6 is 0 Å².